The maximum atomic E-state index is 15.1. The van der Waals surface area contributed by atoms with E-state index in [4.69, 9.17) is 0 Å². The van der Waals surface area contributed by atoms with Gasteiger partial charge in [-0.25, -0.2) is 4.90 Å². The van der Waals surface area contributed by atoms with E-state index in [1.54, 1.807) is 12.1 Å². The second-order valence-electron chi connectivity index (χ2n) is 13.2. The summed E-state index contributed by atoms with van der Waals surface area (Å²) in [5, 5.41) is 1.02. The number of hydrogen-bond donors (Lipinski definition) is 0. The van der Waals surface area contributed by atoms with Crippen LogP contribution in [0.5, 0.6) is 0 Å². The van der Waals surface area contributed by atoms with Crippen LogP contribution in [-0.2, 0) is 0 Å². The lowest BCUT2D eigenvalue weighted by atomic mass is 9.97. The van der Waals surface area contributed by atoms with Crippen LogP contribution in [0.3, 0.4) is 0 Å². The van der Waals surface area contributed by atoms with Gasteiger partial charge in [0.1, 0.15) is 0 Å². The maximum absolute atomic E-state index is 15.1. The lowest BCUT2D eigenvalue weighted by molar-refractivity contribution is 0.0926. The summed E-state index contributed by atoms with van der Waals surface area (Å²) < 4.78 is 2.18. The minimum Gasteiger partial charge on any atom is -0.307 e. The number of hydrogen-bond acceptors (Lipinski definition) is 2. The molecule has 54 heavy (non-hydrogen) atoms. The summed E-state index contributed by atoms with van der Waals surface area (Å²) in [5.41, 5.74) is 11.5. The second kappa shape index (κ2) is 13.7. The van der Waals surface area contributed by atoms with Crippen molar-refractivity contribution in [3.8, 4) is 50.3 Å². The van der Waals surface area contributed by atoms with Crippen LogP contribution in [0.2, 0.25) is 0 Å². The summed E-state index contributed by atoms with van der Waals surface area (Å²) in [6.45, 7) is 3.96. The second-order valence-corrected chi connectivity index (χ2v) is 13.2. The van der Waals surface area contributed by atoms with Crippen molar-refractivity contribution in [1.29, 1.82) is 0 Å². The number of fused-ring (bicyclic) bond motifs is 2. The lowest BCUT2D eigenvalue weighted by Gasteiger charge is -2.20. The predicted octanol–water partition coefficient (Wildman–Crippen LogP) is 12.3. The smallest absolute Gasteiger partial charge is 0.268 e. The number of anilines is 1. The van der Waals surface area contributed by atoms with Gasteiger partial charge in [0.2, 0.25) is 0 Å². The van der Waals surface area contributed by atoms with Crippen molar-refractivity contribution in [2.75, 3.05) is 4.90 Å². The molecule has 0 atom stereocenters. The lowest BCUT2D eigenvalue weighted by Crippen LogP contribution is -2.30. The molecule has 1 aliphatic heterocycles. The zero-order valence-electron chi connectivity index (χ0n) is 29.4. The quantitative estimate of drug-likeness (QED) is 0.117. The number of para-hydroxylation sites is 1. The van der Waals surface area contributed by atoms with Crippen LogP contribution < -0.4 is 4.90 Å². The minimum absolute atomic E-state index is 0.353. The van der Waals surface area contributed by atoms with Crippen LogP contribution in [0.4, 0.5) is 5.69 Å². The van der Waals surface area contributed by atoms with E-state index in [9.17, 15) is 4.79 Å². The molecule has 1 aliphatic rings. The predicted molar refractivity (Wildman–Crippen MR) is 222 cm³/mol. The average molecular weight is 695 g/mol. The molecule has 256 valence electrons. The normalized spacial score (nSPS) is 12.5. The molecule has 0 bridgehead atoms. The molecule has 4 heteroatoms. The number of aromatic nitrogens is 1. The van der Waals surface area contributed by atoms with Crippen LogP contribution in [0.15, 0.2) is 195 Å². The number of carbonyl (C=O) groups is 2. The molecule has 4 nitrogen and oxygen atoms in total. The van der Waals surface area contributed by atoms with E-state index >= 15 is 4.79 Å². The molecule has 0 radical (unpaired) electrons. The number of carbonyl (C=O) groups excluding carboxylic acids is 2. The first-order valence-corrected chi connectivity index (χ1v) is 18.0. The van der Waals surface area contributed by atoms with Gasteiger partial charge in [0.25, 0.3) is 11.8 Å². The third kappa shape index (κ3) is 5.40. The van der Waals surface area contributed by atoms with Gasteiger partial charge in [-0.2, -0.15) is 0 Å². The number of rotatable bonds is 8. The van der Waals surface area contributed by atoms with E-state index in [1.807, 2.05) is 115 Å². The van der Waals surface area contributed by atoms with Gasteiger partial charge in [-0.15, -0.1) is 0 Å². The van der Waals surface area contributed by atoms with E-state index in [2.05, 4.69) is 77.9 Å². The van der Waals surface area contributed by atoms with Crippen LogP contribution >= 0.6 is 0 Å². The van der Waals surface area contributed by atoms with Gasteiger partial charge in [-0.05, 0) is 52.1 Å². The summed E-state index contributed by atoms with van der Waals surface area (Å²) in [6.07, 6.45) is 5.79. The molecular formula is C50H34N2O2. The van der Waals surface area contributed by atoms with Crippen molar-refractivity contribution in [3.05, 3.63) is 211 Å². The molecule has 2 amide bonds. The molecular weight excluding hydrogens is 661 g/mol. The summed E-state index contributed by atoms with van der Waals surface area (Å²) in [5.74, 6) is -0.717. The molecule has 8 aromatic rings. The highest BCUT2D eigenvalue weighted by molar-refractivity contribution is 6.36. The Labute approximate surface area is 314 Å². The first-order chi connectivity index (χ1) is 26.6. The fourth-order valence-corrected chi connectivity index (χ4v) is 7.73. The Morgan fingerprint density at radius 3 is 1.69 bits per heavy atom. The number of nitrogens with zero attached hydrogens (tertiary/aromatic N) is 2. The van der Waals surface area contributed by atoms with Crippen molar-refractivity contribution in [3.63, 3.8) is 0 Å². The molecule has 0 aliphatic carbocycles. The largest absolute Gasteiger partial charge is 0.307 e. The van der Waals surface area contributed by atoms with Crippen LogP contribution in [0.1, 0.15) is 26.3 Å². The first-order valence-electron chi connectivity index (χ1n) is 18.0. The zero-order chi connectivity index (χ0) is 36.6. The Morgan fingerprint density at radius 2 is 1.04 bits per heavy atom. The summed E-state index contributed by atoms with van der Waals surface area (Å²) in [4.78, 5) is 31.1. The summed E-state index contributed by atoms with van der Waals surface area (Å²) >= 11 is 0. The van der Waals surface area contributed by atoms with Crippen LogP contribution in [-0.4, -0.2) is 16.4 Å². The van der Waals surface area contributed by atoms with E-state index in [0.29, 0.717) is 22.5 Å². The van der Waals surface area contributed by atoms with Crippen LogP contribution in [0.25, 0.3) is 67.3 Å². The first kappa shape index (κ1) is 32.6. The van der Waals surface area contributed by atoms with E-state index in [1.165, 1.54) is 4.90 Å². The van der Waals surface area contributed by atoms with Gasteiger partial charge >= 0.3 is 0 Å². The van der Waals surface area contributed by atoms with Gasteiger partial charge < -0.3 is 4.57 Å². The van der Waals surface area contributed by atoms with Crippen molar-refractivity contribution in [1.82, 2.24) is 4.57 Å². The van der Waals surface area contributed by atoms with Gasteiger partial charge in [-0.3, -0.25) is 9.59 Å². The van der Waals surface area contributed by atoms with E-state index < -0.39 is 0 Å². The van der Waals surface area contributed by atoms with Crippen LogP contribution in [0, 0.1) is 0 Å². The van der Waals surface area contributed by atoms with Gasteiger partial charge in [0.15, 0.2) is 0 Å². The Morgan fingerprint density at radius 1 is 0.463 bits per heavy atom. The highest BCUT2D eigenvalue weighted by atomic mass is 16.2. The maximum Gasteiger partial charge on any atom is 0.268 e. The number of imide groups is 1. The third-order valence-corrected chi connectivity index (χ3v) is 10.1. The Kier molecular flexibility index (Phi) is 8.26. The molecule has 0 spiro atoms. The monoisotopic (exact) mass is 694 g/mol. The van der Waals surface area contributed by atoms with Gasteiger partial charge in [0.05, 0.1) is 33.7 Å². The Balaban J connectivity index is 1.31. The highest BCUT2D eigenvalue weighted by Crippen LogP contribution is 2.45. The molecule has 0 unspecified atom stereocenters. The van der Waals surface area contributed by atoms with E-state index in [-0.39, 0.29) is 11.8 Å². The number of benzene rings is 7. The van der Waals surface area contributed by atoms with Crippen molar-refractivity contribution >= 4 is 34.5 Å². The Bertz CT molecular complexity index is 2750. The molecule has 0 saturated carbocycles. The molecule has 0 N–H and O–H groups in total. The standard InChI is InChI=1S/C50H34N2O2/c1-2-3-26-40-41-28-16-27-39(35-20-10-5-11-21-35)48(41)51(47(40)37-24-14-7-15-25-37)45-30-17-29-42-46(45)50(54)52(49(42)53)44-32-31-38(34-18-8-4-9-19-34)33-43(44)36-22-12-6-13-23-36/h2-33H,1H2/b26-3-. The zero-order valence-corrected chi connectivity index (χ0v) is 29.4. The van der Waals surface area contributed by atoms with Crippen molar-refractivity contribution in [2.24, 2.45) is 0 Å². The Hall–Kier alpha value is -7.30. The fraction of sp³-hybridized carbons (Fsp3) is 0. The highest BCUT2D eigenvalue weighted by Gasteiger charge is 2.41. The fourth-order valence-electron chi connectivity index (χ4n) is 7.73. The molecule has 2 heterocycles. The van der Waals surface area contributed by atoms with Crippen molar-refractivity contribution in [2.45, 2.75) is 0 Å². The molecule has 1 aromatic heterocycles. The average Bonchev–Trinajstić information content (AvgIpc) is 3.71. The molecule has 0 saturated heterocycles. The van der Waals surface area contributed by atoms with Gasteiger partial charge in [-0.1, -0.05) is 176 Å². The number of allylic oxidation sites excluding steroid dienone is 2. The van der Waals surface area contributed by atoms with Gasteiger partial charge in [0, 0.05) is 22.1 Å². The minimum atomic E-state index is -0.364. The SMILES string of the molecule is C=C/C=C\c1c(-c2ccccc2)n(-c2cccc3c2C(=O)N(c2ccc(-c4ccccc4)cc2-c2ccccc2)C3=O)c2c(-c3ccccc3)cccc12. The number of amides is 2. The van der Waals surface area contributed by atoms with E-state index in [0.717, 1.165) is 61.1 Å². The molecule has 0 fully saturated rings. The summed E-state index contributed by atoms with van der Waals surface area (Å²) in [6, 6.07) is 58.4. The summed E-state index contributed by atoms with van der Waals surface area (Å²) in [7, 11) is 0. The van der Waals surface area contributed by atoms with Crippen molar-refractivity contribution < 1.29 is 9.59 Å². The molecule has 9 rings (SSSR count). The third-order valence-electron chi connectivity index (χ3n) is 10.1. The molecule has 7 aromatic carbocycles. The topological polar surface area (TPSA) is 42.3 Å².